The molecule has 1 aromatic rings. The van der Waals surface area contributed by atoms with Crippen LogP contribution in [-0.4, -0.2) is 36.8 Å². The van der Waals surface area contributed by atoms with E-state index in [0.29, 0.717) is 11.3 Å². The van der Waals surface area contributed by atoms with Gasteiger partial charge in [-0.25, -0.2) is 9.69 Å². The summed E-state index contributed by atoms with van der Waals surface area (Å²) in [6.45, 7) is 0. The second-order valence-corrected chi connectivity index (χ2v) is 7.58. The van der Waals surface area contributed by atoms with E-state index >= 15 is 0 Å². The quantitative estimate of drug-likeness (QED) is 0.681. The molecule has 1 saturated carbocycles. The first-order valence-electron chi connectivity index (χ1n) is 9.87. The Morgan fingerprint density at radius 2 is 1.90 bits per heavy atom. The average molecular weight is 427 g/mol. The molecule has 7 nitrogen and oxygen atoms in total. The molecule has 0 radical (unpaired) electrons. The number of carbonyl (C=O) groups excluding carboxylic acids is 3. The van der Waals surface area contributed by atoms with E-state index in [0.717, 1.165) is 32.1 Å². The number of amides is 4. The first kappa shape index (κ1) is 21.9. The minimum atomic E-state index is -5.24. The van der Waals surface area contributed by atoms with Crippen LogP contribution in [0.3, 0.4) is 0 Å². The number of hydrogen-bond acceptors (Lipinski definition) is 4. The van der Waals surface area contributed by atoms with Gasteiger partial charge in [0.2, 0.25) is 5.91 Å². The van der Waals surface area contributed by atoms with E-state index in [-0.39, 0.29) is 23.8 Å². The number of para-hydroxylation sites is 2. The number of methoxy groups -OCH3 is 1. The van der Waals surface area contributed by atoms with Crippen LogP contribution in [0.1, 0.15) is 44.9 Å². The number of carbonyl (C=O) groups is 3. The summed E-state index contributed by atoms with van der Waals surface area (Å²) in [5.41, 5.74) is -3.67. The third-order valence-corrected chi connectivity index (χ3v) is 5.60. The molecular weight excluding hydrogens is 403 g/mol. The highest BCUT2D eigenvalue weighted by molar-refractivity contribution is 6.24. The first-order chi connectivity index (χ1) is 14.2. The Morgan fingerprint density at radius 3 is 2.53 bits per heavy atom. The van der Waals surface area contributed by atoms with Gasteiger partial charge in [-0.15, -0.1) is 0 Å². The Labute approximate surface area is 171 Å². The molecule has 0 unspecified atom stereocenters. The summed E-state index contributed by atoms with van der Waals surface area (Å²) in [4.78, 5) is 37.9. The van der Waals surface area contributed by atoms with Crippen LogP contribution in [-0.2, 0) is 9.59 Å². The van der Waals surface area contributed by atoms with Crippen LogP contribution in [0, 0.1) is 5.92 Å². The van der Waals surface area contributed by atoms with Crippen molar-refractivity contribution in [2.45, 2.75) is 56.8 Å². The van der Waals surface area contributed by atoms with Crippen LogP contribution in [0.4, 0.5) is 23.7 Å². The van der Waals surface area contributed by atoms with Crippen molar-refractivity contribution in [3.8, 4) is 5.75 Å². The van der Waals surface area contributed by atoms with E-state index < -0.39 is 29.7 Å². The van der Waals surface area contributed by atoms with Crippen molar-refractivity contribution >= 4 is 23.5 Å². The number of nitrogens with zero attached hydrogens (tertiary/aromatic N) is 1. The predicted octanol–water partition coefficient (Wildman–Crippen LogP) is 3.49. The molecule has 1 atom stereocenters. The second kappa shape index (κ2) is 8.53. The van der Waals surface area contributed by atoms with Crippen LogP contribution in [0.15, 0.2) is 24.3 Å². The van der Waals surface area contributed by atoms with Gasteiger partial charge >= 0.3 is 12.2 Å². The van der Waals surface area contributed by atoms with Gasteiger partial charge in [-0.2, -0.15) is 13.2 Å². The van der Waals surface area contributed by atoms with Crippen molar-refractivity contribution in [3.05, 3.63) is 24.3 Å². The zero-order valence-electron chi connectivity index (χ0n) is 16.6. The van der Waals surface area contributed by atoms with Gasteiger partial charge < -0.3 is 10.1 Å². The molecule has 2 aliphatic rings. The molecule has 0 spiro atoms. The number of halogens is 3. The minimum absolute atomic E-state index is 0.0441. The van der Waals surface area contributed by atoms with Crippen molar-refractivity contribution < 1.29 is 32.3 Å². The smallest absolute Gasteiger partial charge is 0.440 e. The second-order valence-electron chi connectivity index (χ2n) is 7.58. The molecule has 1 aliphatic carbocycles. The number of urea groups is 1. The number of anilines is 1. The van der Waals surface area contributed by atoms with E-state index in [1.807, 2.05) is 0 Å². The molecule has 1 heterocycles. The molecule has 10 heteroatoms. The third-order valence-electron chi connectivity index (χ3n) is 5.60. The molecule has 0 bridgehead atoms. The van der Waals surface area contributed by atoms with Crippen molar-refractivity contribution in [1.29, 1.82) is 0 Å². The van der Waals surface area contributed by atoms with E-state index in [1.54, 1.807) is 16.7 Å². The maximum Gasteiger partial charge on any atom is 0.440 e. The number of hydrogen-bond donors (Lipinski definition) is 2. The van der Waals surface area contributed by atoms with Crippen molar-refractivity contribution in [3.63, 3.8) is 0 Å². The standard InChI is InChI=1S/C20H24F3N3O4/c1-30-15-10-6-5-9-14(15)26-17(28)19(20(21,22)23,25-18(26)29)24-16(27)12-11-13-7-3-2-4-8-13/h5-6,9-10,13H,2-4,7-8,11-12H2,1H3,(H,24,27)(H,25,29)/t19-/m0/s1. The highest BCUT2D eigenvalue weighted by Crippen LogP contribution is 2.38. The maximum absolute atomic E-state index is 14.0. The van der Waals surface area contributed by atoms with Crippen LogP contribution in [0.25, 0.3) is 0 Å². The van der Waals surface area contributed by atoms with E-state index in [9.17, 15) is 27.6 Å². The van der Waals surface area contributed by atoms with E-state index in [1.165, 1.54) is 25.3 Å². The Kier molecular flexibility index (Phi) is 6.23. The van der Waals surface area contributed by atoms with Crippen LogP contribution in [0.2, 0.25) is 0 Å². The van der Waals surface area contributed by atoms with Crippen LogP contribution < -0.4 is 20.3 Å². The number of rotatable bonds is 6. The average Bonchev–Trinajstić information content (AvgIpc) is 2.97. The molecule has 30 heavy (non-hydrogen) atoms. The summed E-state index contributed by atoms with van der Waals surface area (Å²) in [7, 11) is 1.27. The van der Waals surface area contributed by atoms with Crippen molar-refractivity contribution in [1.82, 2.24) is 10.6 Å². The molecular formula is C20H24F3N3O4. The lowest BCUT2D eigenvalue weighted by atomic mass is 9.86. The summed E-state index contributed by atoms with van der Waals surface area (Å²) < 4.78 is 46.9. The summed E-state index contributed by atoms with van der Waals surface area (Å²) in [6.07, 6.45) is 0.140. The Morgan fingerprint density at radius 1 is 1.23 bits per heavy atom. The summed E-state index contributed by atoms with van der Waals surface area (Å²) >= 11 is 0. The molecule has 1 aliphatic heterocycles. The summed E-state index contributed by atoms with van der Waals surface area (Å²) in [5, 5.41) is 3.41. The fourth-order valence-electron chi connectivity index (χ4n) is 3.99. The molecule has 2 N–H and O–H groups in total. The topological polar surface area (TPSA) is 87.7 Å². The number of alkyl halides is 3. The Hall–Kier alpha value is -2.78. The Bertz CT molecular complexity index is 824. The van der Waals surface area contributed by atoms with Gasteiger partial charge in [-0.1, -0.05) is 44.2 Å². The monoisotopic (exact) mass is 427 g/mol. The SMILES string of the molecule is COc1ccccc1N1C(=O)N[C@](NC(=O)CCC2CCCCC2)(C(F)(F)F)C1=O. The molecule has 4 amide bonds. The number of nitrogens with one attached hydrogen (secondary N) is 2. The van der Waals surface area contributed by atoms with E-state index in [2.05, 4.69) is 0 Å². The normalized spacial score (nSPS) is 22.7. The van der Waals surface area contributed by atoms with Crippen molar-refractivity contribution in [2.75, 3.05) is 12.0 Å². The van der Waals surface area contributed by atoms with Gasteiger partial charge in [-0.3, -0.25) is 14.9 Å². The summed E-state index contributed by atoms with van der Waals surface area (Å²) in [5.74, 6) is -2.24. The lowest BCUT2D eigenvalue weighted by molar-refractivity contribution is -0.201. The highest BCUT2D eigenvalue weighted by atomic mass is 19.4. The number of benzene rings is 1. The minimum Gasteiger partial charge on any atom is -0.495 e. The lowest BCUT2D eigenvalue weighted by Gasteiger charge is -2.30. The van der Waals surface area contributed by atoms with E-state index in [4.69, 9.17) is 4.74 Å². The van der Waals surface area contributed by atoms with Crippen LogP contribution in [0.5, 0.6) is 5.75 Å². The molecule has 1 aromatic carbocycles. The van der Waals surface area contributed by atoms with Gasteiger partial charge in [0.05, 0.1) is 12.8 Å². The zero-order valence-corrected chi connectivity index (χ0v) is 16.6. The van der Waals surface area contributed by atoms with Gasteiger partial charge in [0, 0.05) is 6.42 Å². The molecule has 2 fully saturated rings. The highest BCUT2D eigenvalue weighted by Gasteiger charge is 2.69. The van der Waals surface area contributed by atoms with Crippen LogP contribution >= 0.6 is 0 Å². The molecule has 164 valence electrons. The Balaban J connectivity index is 1.82. The number of ether oxygens (including phenoxy) is 1. The number of imide groups is 1. The third kappa shape index (κ3) is 4.08. The van der Waals surface area contributed by atoms with Crippen molar-refractivity contribution in [2.24, 2.45) is 5.92 Å². The first-order valence-corrected chi connectivity index (χ1v) is 9.87. The lowest BCUT2D eigenvalue weighted by Crippen LogP contribution is -2.69. The predicted molar refractivity (Wildman–Crippen MR) is 102 cm³/mol. The van der Waals surface area contributed by atoms with Gasteiger partial charge in [0.15, 0.2) is 0 Å². The van der Waals surface area contributed by atoms with Gasteiger partial charge in [-0.05, 0) is 24.5 Å². The maximum atomic E-state index is 14.0. The largest absolute Gasteiger partial charge is 0.495 e. The fraction of sp³-hybridized carbons (Fsp3) is 0.550. The fourth-order valence-corrected chi connectivity index (χ4v) is 3.99. The molecule has 3 rings (SSSR count). The zero-order chi connectivity index (χ0) is 21.9. The molecule has 0 aromatic heterocycles. The molecule has 1 saturated heterocycles. The van der Waals surface area contributed by atoms with Gasteiger partial charge in [0.25, 0.3) is 11.6 Å². The summed E-state index contributed by atoms with van der Waals surface area (Å²) in [6, 6.07) is 4.40. The van der Waals surface area contributed by atoms with Gasteiger partial charge in [0.1, 0.15) is 5.75 Å².